The highest BCUT2D eigenvalue weighted by atomic mass is 16.2. The quantitative estimate of drug-likeness (QED) is 0.848. The Labute approximate surface area is 104 Å². The molecule has 1 rings (SSSR count). The minimum Gasteiger partial charge on any atom is -0.315 e. The van der Waals surface area contributed by atoms with E-state index < -0.39 is 0 Å². The summed E-state index contributed by atoms with van der Waals surface area (Å²) in [6.07, 6.45) is 0.530. The number of anilines is 1. The fraction of sp³-hybridized carbons (Fsp3) is 0.500. The van der Waals surface area contributed by atoms with Gasteiger partial charge < -0.3 is 10.2 Å². The maximum atomic E-state index is 11.9. The van der Waals surface area contributed by atoms with Gasteiger partial charge >= 0.3 is 0 Å². The van der Waals surface area contributed by atoms with Crippen LogP contribution >= 0.6 is 0 Å². The number of nitrogens with zero attached hydrogens (tertiary/aromatic N) is 1. The van der Waals surface area contributed by atoms with Crippen molar-refractivity contribution in [2.24, 2.45) is 0 Å². The van der Waals surface area contributed by atoms with Crippen molar-refractivity contribution in [3.05, 3.63) is 29.8 Å². The second-order valence-electron chi connectivity index (χ2n) is 4.65. The number of hydrogen-bond donors (Lipinski definition) is 1. The van der Waals surface area contributed by atoms with Gasteiger partial charge in [-0.05, 0) is 19.1 Å². The van der Waals surface area contributed by atoms with Crippen molar-refractivity contribution in [3.63, 3.8) is 0 Å². The van der Waals surface area contributed by atoms with Crippen molar-refractivity contribution in [1.29, 1.82) is 0 Å². The third-order valence-electron chi connectivity index (χ3n) is 2.69. The van der Waals surface area contributed by atoms with Crippen LogP contribution in [0.5, 0.6) is 0 Å². The van der Waals surface area contributed by atoms with Crippen molar-refractivity contribution >= 4 is 11.6 Å². The second kappa shape index (κ2) is 6.40. The standard InChI is InChI=1S/C14H22N2O/c1-11(2)15-10-9-14(17)16(4)13-7-5-12(3)6-8-13/h5-8,11,15H,9-10H2,1-4H3. The number of nitrogens with one attached hydrogen (secondary N) is 1. The van der Waals surface area contributed by atoms with Gasteiger partial charge in [0, 0.05) is 31.7 Å². The van der Waals surface area contributed by atoms with Crippen molar-refractivity contribution < 1.29 is 4.79 Å². The van der Waals surface area contributed by atoms with E-state index in [0.29, 0.717) is 12.5 Å². The Hall–Kier alpha value is -1.35. The second-order valence-corrected chi connectivity index (χ2v) is 4.65. The van der Waals surface area contributed by atoms with Crippen molar-refractivity contribution in [2.45, 2.75) is 33.2 Å². The minimum atomic E-state index is 0.141. The molecule has 0 heterocycles. The molecule has 0 aliphatic rings. The smallest absolute Gasteiger partial charge is 0.227 e. The van der Waals surface area contributed by atoms with Crippen LogP contribution in [0.3, 0.4) is 0 Å². The normalized spacial score (nSPS) is 10.6. The van der Waals surface area contributed by atoms with Crippen LogP contribution in [0.1, 0.15) is 25.8 Å². The Kier molecular flexibility index (Phi) is 5.16. The summed E-state index contributed by atoms with van der Waals surface area (Å²) in [4.78, 5) is 13.6. The molecule has 17 heavy (non-hydrogen) atoms. The number of hydrogen-bond acceptors (Lipinski definition) is 2. The van der Waals surface area contributed by atoms with Crippen LogP contribution in [0.2, 0.25) is 0 Å². The summed E-state index contributed by atoms with van der Waals surface area (Å²) in [6.45, 7) is 6.92. The van der Waals surface area contributed by atoms with Gasteiger partial charge in [-0.1, -0.05) is 31.5 Å². The monoisotopic (exact) mass is 234 g/mol. The first-order valence-electron chi connectivity index (χ1n) is 6.07. The van der Waals surface area contributed by atoms with E-state index in [9.17, 15) is 4.79 Å². The van der Waals surface area contributed by atoms with E-state index in [4.69, 9.17) is 0 Å². The Bertz CT molecular complexity index is 357. The molecule has 0 unspecified atom stereocenters. The topological polar surface area (TPSA) is 32.3 Å². The molecule has 0 aliphatic heterocycles. The molecule has 0 saturated heterocycles. The molecule has 0 bridgehead atoms. The summed E-state index contributed by atoms with van der Waals surface area (Å²) in [7, 11) is 1.82. The molecule has 1 aromatic rings. The first-order chi connectivity index (χ1) is 8.00. The summed E-state index contributed by atoms with van der Waals surface area (Å²) in [5.41, 5.74) is 2.15. The Balaban J connectivity index is 2.49. The molecule has 3 nitrogen and oxygen atoms in total. The summed E-state index contributed by atoms with van der Waals surface area (Å²) in [5, 5.41) is 3.24. The van der Waals surface area contributed by atoms with Gasteiger partial charge in [0.1, 0.15) is 0 Å². The third-order valence-corrected chi connectivity index (χ3v) is 2.69. The van der Waals surface area contributed by atoms with Crippen LogP contribution in [0.25, 0.3) is 0 Å². The number of carbonyl (C=O) groups is 1. The summed E-state index contributed by atoms with van der Waals surface area (Å²) < 4.78 is 0. The predicted molar refractivity (Wildman–Crippen MR) is 72.3 cm³/mol. The average Bonchev–Trinajstić information content (AvgIpc) is 2.28. The van der Waals surface area contributed by atoms with E-state index in [-0.39, 0.29) is 5.91 Å². The van der Waals surface area contributed by atoms with Gasteiger partial charge in [0.05, 0.1) is 0 Å². The third kappa shape index (κ3) is 4.57. The van der Waals surface area contributed by atoms with Crippen LogP contribution in [0.15, 0.2) is 24.3 Å². The van der Waals surface area contributed by atoms with Crippen molar-refractivity contribution in [3.8, 4) is 0 Å². The van der Waals surface area contributed by atoms with Crippen molar-refractivity contribution in [1.82, 2.24) is 5.32 Å². The Morgan fingerprint density at radius 3 is 2.41 bits per heavy atom. The van der Waals surface area contributed by atoms with Gasteiger partial charge in [0.25, 0.3) is 0 Å². The summed E-state index contributed by atoms with van der Waals surface area (Å²) >= 11 is 0. The first-order valence-corrected chi connectivity index (χ1v) is 6.07. The maximum absolute atomic E-state index is 11.9. The van der Waals surface area contributed by atoms with Crippen LogP contribution in [0, 0.1) is 6.92 Å². The molecule has 0 fully saturated rings. The molecule has 1 N–H and O–H groups in total. The molecule has 0 radical (unpaired) electrons. The minimum absolute atomic E-state index is 0.141. The SMILES string of the molecule is Cc1ccc(N(C)C(=O)CCNC(C)C)cc1. The zero-order valence-electron chi connectivity index (χ0n) is 11.2. The van der Waals surface area contributed by atoms with Gasteiger partial charge in [0.2, 0.25) is 5.91 Å². The zero-order chi connectivity index (χ0) is 12.8. The van der Waals surface area contributed by atoms with E-state index in [1.54, 1.807) is 4.90 Å². The van der Waals surface area contributed by atoms with Crippen LogP contribution in [-0.4, -0.2) is 25.5 Å². The molecular weight excluding hydrogens is 212 g/mol. The summed E-state index contributed by atoms with van der Waals surface area (Å²) in [6, 6.07) is 8.41. The van der Waals surface area contributed by atoms with Gasteiger partial charge in [-0.2, -0.15) is 0 Å². The highest BCUT2D eigenvalue weighted by molar-refractivity contribution is 5.92. The van der Waals surface area contributed by atoms with E-state index >= 15 is 0 Å². The lowest BCUT2D eigenvalue weighted by Gasteiger charge is -2.18. The largest absolute Gasteiger partial charge is 0.315 e. The number of aryl methyl sites for hydroxylation is 1. The molecule has 0 saturated carbocycles. The molecule has 0 spiro atoms. The average molecular weight is 234 g/mol. The van der Waals surface area contributed by atoms with E-state index in [1.807, 2.05) is 38.2 Å². The van der Waals surface area contributed by atoms with Gasteiger partial charge in [-0.15, -0.1) is 0 Å². The number of rotatable bonds is 5. The lowest BCUT2D eigenvalue weighted by molar-refractivity contribution is -0.118. The van der Waals surface area contributed by atoms with Gasteiger partial charge in [-0.3, -0.25) is 4.79 Å². The summed E-state index contributed by atoms with van der Waals surface area (Å²) in [5.74, 6) is 0.141. The van der Waals surface area contributed by atoms with Crippen LogP contribution in [-0.2, 0) is 4.79 Å². The molecule has 1 aromatic carbocycles. The fourth-order valence-corrected chi connectivity index (χ4v) is 1.55. The molecule has 94 valence electrons. The Morgan fingerprint density at radius 2 is 1.88 bits per heavy atom. The lowest BCUT2D eigenvalue weighted by atomic mass is 10.2. The van der Waals surface area contributed by atoms with Gasteiger partial charge in [-0.25, -0.2) is 0 Å². The lowest BCUT2D eigenvalue weighted by Crippen LogP contribution is -2.31. The molecule has 3 heteroatoms. The van der Waals surface area contributed by atoms with E-state index in [2.05, 4.69) is 19.2 Å². The predicted octanol–water partition coefficient (Wildman–Crippen LogP) is 2.35. The zero-order valence-corrected chi connectivity index (χ0v) is 11.2. The molecule has 1 amide bonds. The van der Waals surface area contributed by atoms with Gasteiger partial charge in [0.15, 0.2) is 0 Å². The molecule has 0 aromatic heterocycles. The maximum Gasteiger partial charge on any atom is 0.227 e. The number of amides is 1. The van der Waals surface area contributed by atoms with E-state index in [1.165, 1.54) is 5.56 Å². The number of carbonyl (C=O) groups excluding carboxylic acids is 1. The highest BCUT2D eigenvalue weighted by Gasteiger charge is 2.10. The molecule has 0 atom stereocenters. The van der Waals surface area contributed by atoms with Crippen LogP contribution < -0.4 is 10.2 Å². The molecular formula is C14H22N2O. The van der Waals surface area contributed by atoms with Crippen molar-refractivity contribution in [2.75, 3.05) is 18.5 Å². The first kappa shape index (κ1) is 13.7. The van der Waals surface area contributed by atoms with Crippen LogP contribution in [0.4, 0.5) is 5.69 Å². The number of benzene rings is 1. The molecule has 0 aliphatic carbocycles. The highest BCUT2D eigenvalue weighted by Crippen LogP contribution is 2.13. The Morgan fingerprint density at radius 1 is 1.29 bits per heavy atom. The fourth-order valence-electron chi connectivity index (χ4n) is 1.55. The van der Waals surface area contributed by atoms with E-state index in [0.717, 1.165) is 12.2 Å².